The van der Waals surface area contributed by atoms with Crippen molar-refractivity contribution in [3.05, 3.63) is 66.6 Å². The summed E-state index contributed by atoms with van der Waals surface area (Å²) in [5, 5.41) is 1.43. The fourth-order valence-electron chi connectivity index (χ4n) is 2.48. The molecule has 8 heteroatoms. The summed E-state index contributed by atoms with van der Waals surface area (Å²) in [6.07, 6.45) is -3.39. The molecule has 0 N–H and O–H groups in total. The molecule has 0 unspecified atom stereocenters. The van der Waals surface area contributed by atoms with Crippen molar-refractivity contribution in [2.24, 2.45) is 0 Å². The van der Waals surface area contributed by atoms with E-state index in [4.69, 9.17) is 4.42 Å². The fourth-order valence-corrected chi connectivity index (χ4v) is 3.91. The predicted octanol–water partition coefficient (Wildman–Crippen LogP) is 4.19. The second-order valence-corrected chi connectivity index (χ2v) is 7.41. The second-order valence-electron chi connectivity index (χ2n) is 5.48. The molecular formula is C17H14F3NO3S. The predicted molar refractivity (Wildman–Crippen MR) is 86.3 cm³/mol. The molecule has 0 fully saturated rings. The maximum atomic E-state index is 12.9. The highest BCUT2D eigenvalue weighted by Crippen LogP contribution is 2.27. The summed E-state index contributed by atoms with van der Waals surface area (Å²) in [6, 6.07) is 14.2. The number of hydrogen-bond acceptors (Lipinski definition) is 3. The third-order valence-corrected chi connectivity index (χ3v) is 5.41. The highest BCUT2D eigenvalue weighted by Gasteiger charge is 2.37. The van der Waals surface area contributed by atoms with Gasteiger partial charge in [-0.25, -0.2) is 8.42 Å². The number of fused-ring (bicyclic) bond motifs is 1. The van der Waals surface area contributed by atoms with E-state index in [9.17, 15) is 21.6 Å². The van der Waals surface area contributed by atoms with Crippen LogP contribution in [0.25, 0.3) is 10.8 Å². The van der Waals surface area contributed by atoms with Gasteiger partial charge in [0.1, 0.15) is 12.3 Å². The molecule has 1 aromatic heterocycles. The summed E-state index contributed by atoms with van der Waals surface area (Å²) in [6.45, 7) is -2.09. The lowest BCUT2D eigenvalue weighted by Crippen LogP contribution is -2.38. The molecule has 4 nitrogen and oxygen atoms in total. The second kappa shape index (κ2) is 6.53. The molecule has 0 aliphatic heterocycles. The Morgan fingerprint density at radius 1 is 0.960 bits per heavy atom. The van der Waals surface area contributed by atoms with Crippen molar-refractivity contribution >= 4 is 20.8 Å². The minimum atomic E-state index is -4.67. The van der Waals surface area contributed by atoms with E-state index in [1.807, 2.05) is 0 Å². The number of benzene rings is 2. The van der Waals surface area contributed by atoms with E-state index in [2.05, 4.69) is 0 Å². The Morgan fingerprint density at radius 3 is 2.32 bits per heavy atom. The van der Waals surface area contributed by atoms with Crippen molar-refractivity contribution in [1.82, 2.24) is 4.31 Å². The normalized spacial score (nSPS) is 12.8. The first kappa shape index (κ1) is 17.5. The zero-order valence-electron chi connectivity index (χ0n) is 12.9. The molecule has 25 heavy (non-hydrogen) atoms. The lowest BCUT2D eigenvalue weighted by Gasteiger charge is -2.22. The van der Waals surface area contributed by atoms with Crippen molar-refractivity contribution < 1.29 is 26.0 Å². The zero-order chi connectivity index (χ0) is 18.1. The van der Waals surface area contributed by atoms with Crippen LogP contribution in [0.1, 0.15) is 5.76 Å². The molecule has 0 aliphatic carbocycles. The van der Waals surface area contributed by atoms with Crippen LogP contribution in [0.5, 0.6) is 0 Å². The molecule has 0 amide bonds. The van der Waals surface area contributed by atoms with Crippen LogP contribution in [0.15, 0.2) is 70.2 Å². The summed E-state index contributed by atoms with van der Waals surface area (Å²) in [4.78, 5) is -0.193. The van der Waals surface area contributed by atoms with Gasteiger partial charge >= 0.3 is 6.18 Å². The van der Waals surface area contributed by atoms with E-state index in [-0.39, 0.29) is 10.7 Å². The molecule has 0 radical (unpaired) electrons. The van der Waals surface area contributed by atoms with E-state index < -0.39 is 29.3 Å². The van der Waals surface area contributed by atoms with Crippen molar-refractivity contribution in [1.29, 1.82) is 0 Å². The summed E-state index contributed by atoms with van der Waals surface area (Å²) in [5.41, 5.74) is 0. The Bertz CT molecular complexity index is 966. The van der Waals surface area contributed by atoms with E-state index in [0.717, 1.165) is 5.39 Å². The lowest BCUT2D eigenvalue weighted by molar-refractivity contribution is -0.137. The number of nitrogens with zero attached hydrogens (tertiary/aromatic N) is 1. The Labute approximate surface area is 142 Å². The Morgan fingerprint density at radius 2 is 1.68 bits per heavy atom. The van der Waals surface area contributed by atoms with Gasteiger partial charge in [-0.15, -0.1) is 0 Å². The van der Waals surface area contributed by atoms with E-state index in [1.165, 1.54) is 30.5 Å². The van der Waals surface area contributed by atoms with Gasteiger partial charge in [-0.1, -0.05) is 30.3 Å². The topological polar surface area (TPSA) is 50.5 Å². The van der Waals surface area contributed by atoms with Gasteiger partial charge < -0.3 is 4.42 Å². The summed E-state index contributed by atoms with van der Waals surface area (Å²) >= 11 is 0. The van der Waals surface area contributed by atoms with Crippen molar-refractivity contribution in [2.75, 3.05) is 6.54 Å². The lowest BCUT2D eigenvalue weighted by atomic mass is 10.1. The number of sulfonamides is 1. The van der Waals surface area contributed by atoms with Crippen LogP contribution in [0.2, 0.25) is 0 Å². The highest BCUT2D eigenvalue weighted by atomic mass is 32.2. The maximum absolute atomic E-state index is 12.9. The molecule has 3 rings (SSSR count). The molecule has 0 bridgehead atoms. The monoisotopic (exact) mass is 369 g/mol. The van der Waals surface area contributed by atoms with Gasteiger partial charge in [0.25, 0.3) is 0 Å². The van der Waals surface area contributed by atoms with Crippen LogP contribution in [-0.2, 0) is 16.6 Å². The summed E-state index contributed by atoms with van der Waals surface area (Å²) < 4.78 is 69.6. The molecular weight excluding hydrogens is 355 g/mol. The molecule has 0 spiro atoms. The first-order chi connectivity index (χ1) is 11.8. The minimum absolute atomic E-state index is 0.133. The standard InChI is InChI=1S/C17H14F3NO3S/c18-17(19,20)12-21(11-15-6-3-9-24-15)25(22,23)16-8-7-13-4-1-2-5-14(13)10-16/h1-10H,11-12H2. The largest absolute Gasteiger partial charge is 0.468 e. The molecule has 132 valence electrons. The van der Waals surface area contributed by atoms with Gasteiger partial charge in [0.2, 0.25) is 10.0 Å². The van der Waals surface area contributed by atoms with Crippen LogP contribution in [0.3, 0.4) is 0 Å². The number of furan rings is 1. The average molecular weight is 369 g/mol. The van der Waals surface area contributed by atoms with Crippen LogP contribution in [0.4, 0.5) is 13.2 Å². The van der Waals surface area contributed by atoms with E-state index in [1.54, 1.807) is 30.3 Å². The van der Waals surface area contributed by atoms with Gasteiger partial charge in [0, 0.05) is 0 Å². The molecule has 3 aromatic rings. The Hall–Kier alpha value is -2.32. The highest BCUT2D eigenvalue weighted by molar-refractivity contribution is 7.89. The number of rotatable bonds is 5. The van der Waals surface area contributed by atoms with Crippen LogP contribution in [0, 0.1) is 0 Å². The average Bonchev–Trinajstić information content (AvgIpc) is 3.05. The zero-order valence-corrected chi connectivity index (χ0v) is 13.7. The van der Waals surface area contributed by atoms with Crippen LogP contribution < -0.4 is 0 Å². The third kappa shape index (κ3) is 4.02. The van der Waals surface area contributed by atoms with Crippen LogP contribution >= 0.6 is 0 Å². The molecule has 0 saturated carbocycles. The fraction of sp³-hybridized carbons (Fsp3) is 0.176. The van der Waals surface area contributed by atoms with Crippen molar-refractivity contribution in [2.45, 2.75) is 17.6 Å². The van der Waals surface area contributed by atoms with Crippen LogP contribution in [-0.4, -0.2) is 25.4 Å². The van der Waals surface area contributed by atoms with E-state index >= 15 is 0 Å². The first-order valence-corrected chi connectivity index (χ1v) is 8.78. The van der Waals surface area contributed by atoms with Gasteiger partial charge in [-0.2, -0.15) is 17.5 Å². The first-order valence-electron chi connectivity index (χ1n) is 7.34. The van der Waals surface area contributed by atoms with Gasteiger partial charge in [0.05, 0.1) is 17.7 Å². The molecule has 0 aliphatic rings. The van der Waals surface area contributed by atoms with E-state index in [0.29, 0.717) is 9.69 Å². The Balaban J connectivity index is 2.01. The smallest absolute Gasteiger partial charge is 0.402 e. The molecule has 0 atom stereocenters. The number of halogens is 3. The van der Waals surface area contributed by atoms with Gasteiger partial charge in [-0.05, 0) is 35.0 Å². The number of alkyl halides is 3. The Kier molecular flexibility index (Phi) is 4.57. The molecule has 0 saturated heterocycles. The van der Waals surface area contributed by atoms with Crippen molar-refractivity contribution in [3.63, 3.8) is 0 Å². The van der Waals surface area contributed by atoms with Gasteiger partial charge in [-0.3, -0.25) is 0 Å². The van der Waals surface area contributed by atoms with Crippen molar-refractivity contribution in [3.8, 4) is 0 Å². The minimum Gasteiger partial charge on any atom is -0.468 e. The summed E-state index contributed by atoms with van der Waals surface area (Å²) in [7, 11) is -4.35. The quantitative estimate of drug-likeness (QED) is 0.678. The molecule has 2 aromatic carbocycles. The SMILES string of the molecule is O=S(=O)(c1ccc2ccccc2c1)N(Cc1ccco1)CC(F)(F)F. The van der Waals surface area contributed by atoms with Gasteiger partial charge in [0.15, 0.2) is 0 Å². The maximum Gasteiger partial charge on any atom is 0.402 e. The third-order valence-electron chi connectivity index (χ3n) is 3.63. The molecule has 1 heterocycles. The summed E-state index contributed by atoms with van der Waals surface area (Å²) in [5.74, 6) is 0.133. The number of hydrogen-bond donors (Lipinski definition) is 0.